The molecule has 6 heteroatoms. The van der Waals surface area contributed by atoms with Gasteiger partial charge in [-0.15, -0.1) is 0 Å². The second kappa shape index (κ2) is 8.07. The third-order valence-electron chi connectivity index (χ3n) is 5.63. The van der Waals surface area contributed by atoms with Crippen molar-refractivity contribution >= 4 is 29.1 Å². The van der Waals surface area contributed by atoms with Gasteiger partial charge in [-0.2, -0.15) is 0 Å². The molecule has 150 valence electrons. The van der Waals surface area contributed by atoms with Gasteiger partial charge in [-0.3, -0.25) is 14.4 Å². The fraction of sp³-hybridized carbons (Fsp3) is 0.348. The topological polar surface area (TPSA) is 69.7 Å². The van der Waals surface area contributed by atoms with E-state index in [0.717, 1.165) is 43.6 Å². The zero-order valence-corrected chi connectivity index (χ0v) is 16.6. The third-order valence-corrected chi connectivity index (χ3v) is 5.63. The summed E-state index contributed by atoms with van der Waals surface area (Å²) >= 11 is 0. The molecule has 0 aliphatic carbocycles. The van der Waals surface area contributed by atoms with Crippen LogP contribution in [0.1, 0.15) is 52.0 Å². The predicted molar refractivity (Wildman–Crippen MR) is 112 cm³/mol. The van der Waals surface area contributed by atoms with Gasteiger partial charge < -0.3 is 15.1 Å². The number of nitrogens with zero attached hydrogens (tertiary/aromatic N) is 2. The van der Waals surface area contributed by atoms with Crippen LogP contribution >= 0.6 is 0 Å². The van der Waals surface area contributed by atoms with E-state index in [4.69, 9.17) is 0 Å². The van der Waals surface area contributed by atoms with E-state index in [1.807, 2.05) is 30.0 Å². The summed E-state index contributed by atoms with van der Waals surface area (Å²) < 4.78 is 0. The molecule has 0 spiro atoms. The molecular formula is C23H25N3O3. The molecule has 1 N–H and O–H groups in total. The predicted octanol–water partition coefficient (Wildman–Crippen LogP) is 3.61. The fourth-order valence-corrected chi connectivity index (χ4v) is 4.02. The number of aryl methyl sites for hydroxylation is 1. The number of carbonyl (C=O) groups is 3. The lowest BCUT2D eigenvalue weighted by molar-refractivity contribution is -0.117. The van der Waals surface area contributed by atoms with E-state index >= 15 is 0 Å². The minimum atomic E-state index is -0.289. The minimum Gasteiger partial charge on any atom is -0.339 e. The maximum Gasteiger partial charge on any atom is 0.255 e. The first-order chi connectivity index (χ1) is 14.0. The van der Waals surface area contributed by atoms with Gasteiger partial charge in [0, 0.05) is 37.3 Å². The average Bonchev–Trinajstić information content (AvgIpc) is 3.41. The van der Waals surface area contributed by atoms with Crippen LogP contribution in [0, 0.1) is 6.92 Å². The third kappa shape index (κ3) is 3.88. The molecule has 2 heterocycles. The molecule has 2 aliphatic rings. The lowest BCUT2D eigenvalue weighted by Gasteiger charge is -2.20. The summed E-state index contributed by atoms with van der Waals surface area (Å²) in [5.74, 6) is -0.249. The van der Waals surface area contributed by atoms with Crippen LogP contribution in [0.15, 0.2) is 42.5 Å². The first-order valence-electron chi connectivity index (χ1n) is 10.2. The Bertz CT molecular complexity index is 964. The molecule has 3 amide bonds. The van der Waals surface area contributed by atoms with Crippen molar-refractivity contribution in [2.75, 3.05) is 29.9 Å². The highest BCUT2D eigenvalue weighted by molar-refractivity contribution is 6.10. The number of hydrogen-bond acceptors (Lipinski definition) is 3. The Morgan fingerprint density at radius 1 is 0.966 bits per heavy atom. The summed E-state index contributed by atoms with van der Waals surface area (Å²) in [7, 11) is 0. The number of amides is 3. The Labute approximate surface area is 170 Å². The number of para-hydroxylation sites is 1. The van der Waals surface area contributed by atoms with Gasteiger partial charge in [0.25, 0.3) is 11.8 Å². The quantitative estimate of drug-likeness (QED) is 0.866. The van der Waals surface area contributed by atoms with E-state index in [1.54, 1.807) is 29.2 Å². The molecule has 0 bridgehead atoms. The second-order valence-corrected chi connectivity index (χ2v) is 7.65. The number of likely N-dealkylation sites (tertiary alicyclic amines) is 1. The van der Waals surface area contributed by atoms with Crippen molar-refractivity contribution < 1.29 is 14.4 Å². The molecule has 0 radical (unpaired) electrons. The van der Waals surface area contributed by atoms with Crippen LogP contribution in [0.2, 0.25) is 0 Å². The highest BCUT2D eigenvalue weighted by Gasteiger charge is 2.25. The summed E-state index contributed by atoms with van der Waals surface area (Å²) in [4.78, 5) is 41.5. The van der Waals surface area contributed by atoms with Crippen molar-refractivity contribution in [3.05, 3.63) is 59.2 Å². The summed E-state index contributed by atoms with van der Waals surface area (Å²) in [6.45, 7) is 4.07. The lowest BCUT2D eigenvalue weighted by Crippen LogP contribution is -2.29. The summed E-state index contributed by atoms with van der Waals surface area (Å²) in [5.41, 5.74) is 3.11. The summed E-state index contributed by atoms with van der Waals surface area (Å²) in [6.07, 6.45) is 3.41. The van der Waals surface area contributed by atoms with Gasteiger partial charge in [0.1, 0.15) is 0 Å². The van der Waals surface area contributed by atoms with Crippen LogP contribution in [0.25, 0.3) is 0 Å². The zero-order chi connectivity index (χ0) is 20.4. The van der Waals surface area contributed by atoms with Crippen LogP contribution in [-0.4, -0.2) is 42.3 Å². The van der Waals surface area contributed by atoms with Gasteiger partial charge in [-0.05, 0) is 56.0 Å². The number of benzene rings is 2. The van der Waals surface area contributed by atoms with Crippen molar-refractivity contribution in [2.45, 2.75) is 32.6 Å². The van der Waals surface area contributed by atoms with Gasteiger partial charge in [-0.1, -0.05) is 18.2 Å². The molecule has 2 saturated heterocycles. The van der Waals surface area contributed by atoms with Crippen molar-refractivity contribution in [1.29, 1.82) is 0 Å². The Kier molecular flexibility index (Phi) is 5.34. The van der Waals surface area contributed by atoms with Gasteiger partial charge in [0.05, 0.1) is 11.3 Å². The van der Waals surface area contributed by atoms with Gasteiger partial charge in [0.15, 0.2) is 0 Å². The minimum absolute atomic E-state index is 0.0436. The fourth-order valence-electron chi connectivity index (χ4n) is 4.02. The SMILES string of the molecule is Cc1cccc(C(=O)N2CCCC2)c1NC(=O)c1cccc(N2CCCC2=O)c1. The Hall–Kier alpha value is -3.15. The highest BCUT2D eigenvalue weighted by Crippen LogP contribution is 2.26. The molecular weight excluding hydrogens is 366 g/mol. The van der Waals surface area contributed by atoms with Gasteiger partial charge >= 0.3 is 0 Å². The van der Waals surface area contributed by atoms with Crippen LogP contribution in [0.3, 0.4) is 0 Å². The first-order valence-corrected chi connectivity index (χ1v) is 10.2. The molecule has 0 unspecified atom stereocenters. The number of carbonyl (C=O) groups excluding carboxylic acids is 3. The van der Waals surface area contributed by atoms with E-state index in [-0.39, 0.29) is 17.7 Å². The van der Waals surface area contributed by atoms with Crippen LogP contribution in [0.4, 0.5) is 11.4 Å². The van der Waals surface area contributed by atoms with Gasteiger partial charge in [0.2, 0.25) is 5.91 Å². The van der Waals surface area contributed by atoms with E-state index in [1.165, 1.54) is 0 Å². The molecule has 2 fully saturated rings. The molecule has 6 nitrogen and oxygen atoms in total. The number of nitrogens with one attached hydrogen (secondary N) is 1. The van der Waals surface area contributed by atoms with Crippen molar-refractivity contribution in [3.63, 3.8) is 0 Å². The van der Waals surface area contributed by atoms with Crippen molar-refractivity contribution in [1.82, 2.24) is 4.90 Å². The zero-order valence-electron chi connectivity index (χ0n) is 16.6. The maximum absolute atomic E-state index is 13.0. The van der Waals surface area contributed by atoms with Crippen LogP contribution < -0.4 is 10.2 Å². The smallest absolute Gasteiger partial charge is 0.255 e. The molecule has 0 saturated carbocycles. The normalized spacial score (nSPS) is 16.4. The monoisotopic (exact) mass is 391 g/mol. The number of anilines is 2. The molecule has 0 atom stereocenters. The van der Waals surface area contributed by atoms with Crippen LogP contribution in [0.5, 0.6) is 0 Å². The molecule has 2 aliphatic heterocycles. The Balaban J connectivity index is 1.59. The van der Waals surface area contributed by atoms with Crippen molar-refractivity contribution in [2.24, 2.45) is 0 Å². The van der Waals surface area contributed by atoms with E-state index in [9.17, 15) is 14.4 Å². The number of rotatable bonds is 4. The van der Waals surface area contributed by atoms with E-state index in [2.05, 4.69) is 5.32 Å². The second-order valence-electron chi connectivity index (χ2n) is 7.65. The van der Waals surface area contributed by atoms with Crippen LogP contribution in [-0.2, 0) is 4.79 Å². The Morgan fingerprint density at radius 3 is 2.45 bits per heavy atom. The lowest BCUT2D eigenvalue weighted by atomic mass is 10.1. The maximum atomic E-state index is 13.0. The molecule has 4 rings (SSSR count). The number of hydrogen-bond donors (Lipinski definition) is 1. The average molecular weight is 391 g/mol. The molecule has 0 aromatic heterocycles. The molecule has 2 aromatic rings. The Morgan fingerprint density at radius 2 is 1.72 bits per heavy atom. The molecule has 2 aromatic carbocycles. The van der Waals surface area contributed by atoms with E-state index in [0.29, 0.717) is 29.8 Å². The van der Waals surface area contributed by atoms with Crippen molar-refractivity contribution in [3.8, 4) is 0 Å². The van der Waals surface area contributed by atoms with E-state index < -0.39 is 0 Å². The van der Waals surface area contributed by atoms with Gasteiger partial charge in [-0.25, -0.2) is 0 Å². The molecule has 29 heavy (non-hydrogen) atoms. The summed E-state index contributed by atoms with van der Waals surface area (Å²) in [5, 5.41) is 2.94. The summed E-state index contributed by atoms with van der Waals surface area (Å²) in [6, 6.07) is 12.6. The highest BCUT2D eigenvalue weighted by atomic mass is 16.2. The largest absolute Gasteiger partial charge is 0.339 e. The first kappa shape index (κ1) is 19.2. The standard InChI is InChI=1S/C23H25N3O3/c1-16-7-4-10-19(23(29)25-12-2-3-13-25)21(16)24-22(28)17-8-5-9-18(15-17)26-14-6-11-20(26)27/h4-5,7-10,15H,2-3,6,11-14H2,1H3,(H,24,28).